The van der Waals surface area contributed by atoms with Crippen LogP contribution < -0.4 is 0 Å². The number of hydrogen-bond acceptors (Lipinski definition) is 4. The molecule has 23 heavy (non-hydrogen) atoms. The number of thioether (sulfide) groups is 1. The van der Waals surface area contributed by atoms with E-state index in [1.54, 1.807) is 0 Å². The standard InChI is InChI=1S/C18H17ClO3S/c19-13-7-3-5-12-6-4-10-16(18(12)13)23-11-17(21)22-15-9-2-1-8-14(15)20/h3-7,10,15H,1-2,8-9,11H2/t15-/m0/s1. The number of carbonyl (C=O) groups is 2. The van der Waals surface area contributed by atoms with E-state index < -0.39 is 6.10 Å². The topological polar surface area (TPSA) is 43.4 Å². The lowest BCUT2D eigenvalue weighted by Crippen LogP contribution is -2.30. The van der Waals surface area contributed by atoms with Crippen LogP contribution in [0.5, 0.6) is 0 Å². The van der Waals surface area contributed by atoms with Gasteiger partial charge in [-0.3, -0.25) is 9.59 Å². The second-order valence-corrected chi connectivity index (χ2v) is 7.00. The summed E-state index contributed by atoms with van der Waals surface area (Å²) in [5, 5.41) is 2.66. The molecule has 2 aromatic carbocycles. The molecule has 0 saturated heterocycles. The zero-order valence-corrected chi connectivity index (χ0v) is 14.2. The molecule has 0 N–H and O–H groups in total. The fourth-order valence-corrected chi connectivity index (χ4v) is 4.02. The number of benzene rings is 2. The maximum Gasteiger partial charge on any atom is 0.316 e. The number of ether oxygens (including phenoxy) is 1. The summed E-state index contributed by atoms with van der Waals surface area (Å²) in [4.78, 5) is 24.7. The zero-order chi connectivity index (χ0) is 16.2. The molecule has 0 aromatic heterocycles. The molecule has 0 amide bonds. The molecule has 1 atom stereocenters. The number of fused-ring (bicyclic) bond motifs is 1. The normalized spacial score (nSPS) is 18.1. The highest BCUT2D eigenvalue weighted by molar-refractivity contribution is 8.00. The molecule has 1 fully saturated rings. The molecule has 2 aromatic rings. The maximum atomic E-state index is 12.0. The van der Waals surface area contributed by atoms with Gasteiger partial charge in [0.05, 0.1) is 5.75 Å². The van der Waals surface area contributed by atoms with Crippen LogP contribution >= 0.6 is 23.4 Å². The smallest absolute Gasteiger partial charge is 0.316 e. The van der Waals surface area contributed by atoms with Gasteiger partial charge in [-0.2, -0.15) is 0 Å². The molecule has 0 unspecified atom stereocenters. The fraction of sp³-hybridized carbons (Fsp3) is 0.333. The average Bonchev–Trinajstić information content (AvgIpc) is 2.55. The Kier molecular flexibility index (Phi) is 5.23. The fourth-order valence-electron chi connectivity index (χ4n) is 2.79. The molecule has 0 aliphatic heterocycles. The molecule has 0 radical (unpaired) electrons. The minimum absolute atomic E-state index is 0.0443. The molecule has 3 rings (SSSR count). The molecule has 120 valence electrons. The van der Waals surface area contributed by atoms with Crippen LogP contribution in [0.4, 0.5) is 0 Å². The molecular formula is C18H17ClO3S. The quantitative estimate of drug-likeness (QED) is 0.596. The molecule has 1 aliphatic rings. The van der Waals surface area contributed by atoms with Crippen molar-refractivity contribution in [3.8, 4) is 0 Å². The molecule has 0 heterocycles. The van der Waals surface area contributed by atoms with E-state index in [2.05, 4.69) is 0 Å². The van der Waals surface area contributed by atoms with E-state index in [9.17, 15) is 9.59 Å². The molecule has 1 aliphatic carbocycles. The van der Waals surface area contributed by atoms with Crippen LogP contribution in [-0.2, 0) is 14.3 Å². The van der Waals surface area contributed by atoms with E-state index in [4.69, 9.17) is 16.3 Å². The van der Waals surface area contributed by atoms with Crippen LogP contribution in [0.3, 0.4) is 0 Å². The van der Waals surface area contributed by atoms with Gasteiger partial charge in [-0.05, 0) is 36.8 Å². The van der Waals surface area contributed by atoms with Crippen LogP contribution in [0.25, 0.3) is 10.8 Å². The molecule has 5 heteroatoms. The van der Waals surface area contributed by atoms with E-state index in [0.717, 1.165) is 28.5 Å². The van der Waals surface area contributed by atoms with Crippen LogP contribution in [0.15, 0.2) is 41.3 Å². The highest BCUT2D eigenvalue weighted by Gasteiger charge is 2.25. The van der Waals surface area contributed by atoms with E-state index >= 15 is 0 Å². The lowest BCUT2D eigenvalue weighted by atomic mass is 9.96. The third kappa shape index (κ3) is 3.88. The van der Waals surface area contributed by atoms with Gasteiger partial charge in [0.15, 0.2) is 11.9 Å². The first-order valence-corrected chi connectivity index (χ1v) is 9.04. The summed E-state index contributed by atoms with van der Waals surface area (Å²) in [6, 6.07) is 11.6. The maximum absolute atomic E-state index is 12.0. The first-order valence-electron chi connectivity index (χ1n) is 7.67. The second kappa shape index (κ2) is 7.37. The van der Waals surface area contributed by atoms with Crippen molar-refractivity contribution in [1.82, 2.24) is 0 Å². The summed E-state index contributed by atoms with van der Waals surface area (Å²) < 4.78 is 5.33. The van der Waals surface area contributed by atoms with Gasteiger partial charge in [0.1, 0.15) is 0 Å². The second-order valence-electron chi connectivity index (χ2n) is 5.57. The first-order chi connectivity index (χ1) is 11.1. The zero-order valence-electron chi connectivity index (χ0n) is 12.6. The number of Topliss-reactive ketones (excluding diaryl/α,β-unsaturated/α-hetero) is 1. The number of esters is 1. The molecular weight excluding hydrogens is 332 g/mol. The highest BCUT2D eigenvalue weighted by Crippen LogP contribution is 2.33. The minimum Gasteiger partial charge on any atom is -0.454 e. The van der Waals surface area contributed by atoms with Crippen LogP contribution in [0, 0.1) is 0 Å². The molecule has 1 saturated carbocycles. The van der Waals surface area contributed by atoms with Gasteiger partial charge in [0.25, 0.3) is 0 Å². The molecule has 0 spiro atoms. The Morgan fingerprint density at radius 1 is 1.22 bits per heavy atom. The third-order valence-electron chi connectivity index (χ3n) is 3.93. The Balaban J connectivity index is 1.66. The number of rotatable bonds is 4. The van der Waals surface area contributed by atoms with Gasteiger partial charge in [-0.15, -0.1) is 11.8 Å². The summed E-state index contributed by atoms with van der Waals surface area (Å²) in [5.74, 6) is -0.129. The summed E-state index contributed by atoms with van der Waals surface area (Å²) >= 11 is 7.67. The van der Waals surface area contributed by atoms with E-state index in [1.807, 2.05) is 36.4 Å². The van der Waals surface area contributed by atoms with Crippen molar-refractivity contribution in [2.24, 2.45) is 0 Å². The van der Waals surface area contributed by atoms with Gasteiger partial charge in [0.2, 0.25) is 0 Å². The van der Waals surface area contributed by atoms with Crippen molar-refractivity contribution < 1.29 is 14.3 Å². The largest absolute Gasteiger partial charge is 0.454 e. The number of hydrogen-bond donors (Lipinski definition) is 0. The highest BCUT2D eigenvalue weighted by atomic mass is 35.5. The first kappa shape index (κ1) is 16.3. The molecule has 3 nitrogen and oxygen atoms in total. The van der Waals surface area contributed by atoms with Crippen molar-refractivity contribution in [2.45, 2.75) is 36.7 Å². The van der Waals surface area contributed by atoms with Gasteiger partial charge >= 0.3 is 5.97 Å². The van der Waals surface area contributed by atoms with E-state index in [-0.39, 0.29) is 17.5 Å². The summed E-state index contributed by atoms with van der Waals surface area (Å²) in [6.07, 6.45) is 2.46. The number of carbonyl (C=O) groups excluding carboxylic acids is 2. The molecule has 0 bridgehead atoms. The Bertz CT molecular complexity index is 739. The van der Waals surface area contributed by atoms with Gasteiger partial charge in [0, 0.05) is 21.7 Å². The lowest BCUT2D eigenvalue weighted by molar-refractivity contribution is -0.154. The van der Waals surface area contributed by atoms with Crippen molar-refractivity contribution in [3.63, 3.8) is 0 Å². The van der Waals surface area contributed by atoms with Crippen molar-refractivity contribution in [3.05, 3.63) is 41.4 Å². The summed E-state index contributed by atoms with van der Waals surface area (Å²) in [7, 11) is 0. The summed E-state index contributed by atoms with van der Waals surface area (Å²) in [6.45, 7) is 0. The van der Waals surface area contributed by atoms with Crippen molar-refractivity contribution in [2.75, 3.05) is 5.75 Å². The Morgan fingerprint density at radius 3 is 2.78 bits per heavy atom. The van der Waals surface area contributed by atoms with Gasteiger partial charge in [-0.25, -0.2) is 0 Å². The SMILES string of the molecule is O=C(CSc1cccc2cccc(Cl)c12)O[C@H]1CCCCC1=O. The van der Waals surface area contributed by atoms with Crippen LogP contribution in [0.1, 0.15) is 25.7 Å². The Labute approximate surface area is 144 Å². The number of halogens is 1. The third-order valence-corrected chi connectivity index (χ3v) is 5.28. The van der Waals surface area contributed by atoms with Crippen LogP contribution in [-0.4, -0.2) is 23.6 Å². The predicted molar refractivity (Wildman–Crippen MR) is 93.0 cm³/mol. The Hall–Kier alpha value is -1.52. The van der Waals surface area contributed by atoms with Crippen molar-refractivity contribution in [1.29, 1.82) is 0 Å². The van der Waals surface area contributed by atoms with E-state index in [0.29, 0.717) is 17.9 Å². The minimum atomic E-state index is -0.548. The van der Waals surface area contributed by atoms with Crippen LogP contribution in [0.2, 0.25) is 5.02 Å². The predicted octanol–water partition coefficient (Wildman–Crippen LogP) is 4.64. The summed E-state index contributed by atoms with van der Waals surface area (Å²) in [5.41, 5.74) is 0. The van der Waals surface area contributed by atoms with Gasteiger partial charge in [-0.1, -0.05) is 35.9 Å². The van der Waals surface area contributed by atoms with E-state index in [1.165, 1.54) is 11.8 Å². The average molecular weight is 349 g/mol. The number of ketones is 1. The lowest BCUT2D eigenvalue weighted by Gasteiger charge is -2.20. The van der Waals surface area contributed by atoms with Gasteiger partial charge < -0.3 is 4.74 Å². The Morgan fingerprint density at radius 2 is 2.00 bits per heavy atom. The van der Waals surface area contributed by atoms with Crippen molar-refractivity contribution >= 4 is 45.9 Å². The monoisotopic (exact) mass is 348 g/mol.